The molecule has 1 unspecified atom stereocenters. The zero-order valence-electron chi connectivity index (χ0n) is 15.8. The van der Waals surface area contributed by atoms with Gasteiger partial charge in [-0.15, -0.1) is 0 Å². The topological polar surface area (TPSA) is 78.0 Å². The molecule has 8 heteroatoms. The lowest BCUT2D eigenvalue weighted by molar-refractivity contribution is 0.194. The Morgan fingerprint density at radius 2 is 1.96 bits per heavy atom. The Hall–Kier alpha value is -2.74. The first kappa shape index (κ1) is 17.7. The maximum Gasteiger partial charge on any atom is 0.178 e. The molecule has 0 bridgehead atoms. The van der Waals surface area contributed by atoms with Gasteiger partial charge in [0.2, 0.25) is 0 Å². The Morgan fingerprint density at radius 3 is 2.67 bits per heavy atom. The predicted octanol–water partition coefficient (Wildman–Crippen LogP) is 3.28. The number of aryl methyl sites for hydroxylation is 1. The molecule has 2 aromatic heterocycles. The van der Waals surface area contributed by atoms with Gasteiger partial charge < -0.3 is 14.4 Å². The number of nitrogens with zero attached hydrogens (tertiary/aromatic N) is 5. The number of benzene rings is 1. The molecule has 3 aromatic rings. The van der Waals surface area contributed by atoms with Crippen LogP contribution in [-0.2, 0) is 6.54 Å². The van der Waals surface area contributed by atoms with Crippen molar-refractivity contribution in [2.75, 3.05) is 6.61 Å². The number of aliphatic hydroxyl groups is 1. The second-order valence-corrected chi connectivity index (χ2v) is 7.06. The molecule has 3 heterocycles. The first-order valence-electron chi connectivity index (χ1n) is 9.00. The second-order valence-electron chi connectivity index (χ2n) is 7.06. The van der Waals surface area contributed by atoms with Gasteiger partial charge in [-0.05, 0) is 33.8 Å². The molecule has 4 rings (SSSR count). The summed E-state index contributed by atoms with van der Waals surface area (Å²) >= 11 is 0. The van der Waals surface area contributed by atoms with Crippen LogP contribution in [0.3, 0.4) is 0 Å². The van der Waals surface area contributed by atoms with E-state index in [0.717, 1.165) is 0 Å². The molecule has 0 amide bonds. The number of hydrogen-bond acceptors (Lipinski definition) is 5. The fourth-order valence-electron chi connectivity index (χ4n) is 3.31. The van der Waals surface area contributed by atoms with Gasteiger partial charge >= 0.3 is 0 Å². The lowest BCUT2D eigenvalue weighted by Crippen LogP contribution is -2.06. The fourth-order valence-corrected chi connectivity index (χ4v) is 3.31. The van der Waals surface area contributed by atoms with Gasteiger partial charge in [-0.25, -0.2) is 19.0 Å². The highest BCUT2D eigenvalue weighted by molar-refractivity contribution is 5.69. The van der Waals surface area contributed by atoms with Crippen LogP contribution >= 0.6 is 0 Å². The van der Waals surface area contributed by atoms with E-state index in [0.29, 0.717) is 47.6 Å². The highest BCUT2D eigenvalue weighted by Crippen LogP contribution is 2.37. The first-order valence-corrected chi connectivity index (χ1v) is 9.00. The molecule has 0 fully saturated rings. The quantitative estimate of drug-likeness (QED) is 0.764. The van der Waals surface area contributed by atoms with Gasteiger partial charge in [0, 0.05) is 23.9 Å². The number of halogens is 1. The maximum absolute atomic E-state index is 14.3. The highest BCUT2D eigenvalue weighted by atomic mass is 19.1. The number of aromatic nitrogens is 5. The summed E-state index contributed by atoms with van der Waals surface area (Å²) < 4.78 is 23.8. The molecule has 1 N–H and O–H groups in total. The zero-order chi connectivity index (χ0) is 19.3. The summed E-state index contributed by atoms with van der Waals surface area (Å²) in [4.78, 5) is 9.29. The first-order chi connectivity index (χ1) is 12.8. The van der Waals surface area contributed by atoms with E-state index in [2.05, 4.69) is 10.1 Å². The van der Waals surface area contributed by atoms with Gasteiger partial charge in [-0.2, -0.15) is 5.10 Å². The summed E-state index contributed by atoms with van der Waals surface area (Å²) in [5.74, 6) is 1.98. The molecule has 27 heavy (non-hydrogen) atoms. The molecular weight excluding hydrogens is 349 g/mol. The van der Waals surface area contributed by atoms with E-state index in [9.17, 15) is 9.50 Å². The Kier molecular flexibility index (Phi) is 4.22. The summed E-state index contributed by atoms with van der Waals surface area (Å²) in [7, 11) is 0. The minimum atomic E-state index is -0.923. The summed E-state index contributed by atoms with van der Waals surface area (Å²) in [5, 5.41) is 14.3. The van der Waals surface area contributed by atoms with Gasteiger partial charge in [-0.1, -0.05) is 0 Å². The predicted molar refractivity (Wildman–Crippen MR) is 97.9 cm³/mol. The zero-order valence-corrected chi connectivity index (χ0v) is 15.8. The smallest absolute Gasteiger partial charge is 0.178 e. The molecule has 0 aliphatic carbocycles. The Morgan fingerprint density at radius 1 is 1.19 bits per heavy atom. The summed E-state index contributed by atoms with van der Waals surface area (Å²) in [6.07, 6.45) is 0.995. The maximum atomic E-state index is 14.3. The molecule has 7 nitrogen and oxygen atoms in total. The molecule has 1 aliphatic rings. The standard InChI is InChI=1S/C19H22FN5O2/c1-10(2)25-19(21-12(4)23-25)16-9-24-5-6-27-17-8-15(20)13(11(3)26)7-14(17)18(24)22-16/h7-11,26H,5-6H2,1-4H3. The van der Waals surface area contributed by atoms with Crippen molar-refractivity contribution in [3.05, 3.63) is 35.5 Å². The van der Waals surface area contributed by atoms with E-state index < -0.39 is 11.9 Å². The molecule has 142 valence electrons. The average molecular weight is 371 g/mol. The van der Waals surface area contributed by atoms with Crippen molar-refractivity contribution in [2.45, 2.75) is 46.4 Å². The van der Waals surface area contributed by atoms with Crippen molar-refractivity contribution >= 4 is 0 Å². The van der Waals surface area contributed by atoms with E-state index in [-0.39, 0.29) is 11.6 Å². The summed E-state index contributed by atoms with van der Waals surface area (Å²) in [5.41, 5.74) is 1.58. The van der Waals surface area contributed by atoms with Crippen molar-refractivity contribution in [3.8, 4) is 28.7 Å². The minimum Gasteiger partial charge on any atom is -0.491 e. The van der Waals surface area contributed by atoms with Crippen molar-refractivity contribution in [1.29, 1.82) is 0 Å². The van der Waals surface area contributed by atoms with Crippen LogP contribution in [0.4, 0.5) is 4.39 Å². The fraction of sp³-hybridized carbons (Fsp3) is 0.421. The van der Waals surface area contributed by atoms with Crippen LogP contribution in [0.2, 0.25) is 0 Å². The van der Waals surface area contributed by atoms with Gasteiger partial charge in [-0.3, -0.25) is 0 Å². The third-order valence-corrected chi connectivity index (χ3v) is 4.61. The number of aliphatic hydroxyl groups excluding tert-OH is 1. The van der Waals surface area contributed by atoms with E-state index in [1.165, 1.54) is 13.0 Å². The van der Waals surface area contributed by atoms with Crippen LogP contribution < -0.4 is 4.74 Å². The van der Waals surface area contributed by atoms with E-state index in [1.54, 1.807) is 6.07 Å². The average Bonchev–Trinajstić information content (AvgIpc) is 3.14. The summed E-state index contributed by atoms with van der Waals surface area (Å²) in [6.45, 7) is 8.45. The molecule has 0 spiro atoms. The third-order valence-electron chi connectivity index (χ3n) is 4.61. The van der Waals surface area contributed by atoms with Crippen LogP contribution in [-0.4, -0.2) is 36.0 Å². The van der Waals surface area contributed by atoms with Gasteiger partial charge in [0.05, 0.1) is 18.2 Å². The van der Waals surface area contributed by atoms with E-state index in [4.69, 9.17) is 9.72 Å². The molecular formula is C19H22FN5O2. The number of rotatable bonds is 3. The van der Waals surface area contributed by atoms with Gasteiger partial charge in [0.15, 0.2) is 5.82 Å². The molecule has 1 aliphatic heterocycles. The van der Waals surface area contributed by atoms with Crippen molar-refractivity contribution in [1.82, 2.24) is 24.3 Å². The third kappa shape index (κ3) is 2.99. The largest absolute Gasteiger partial charge is 0.491 e. The molecule has 1 aromatic carbocycles. The number of fused-ring (bicyclic) bond motifs is 3. The highest BCUT2D eigenvalue weighted by Gasteiger charge is 2.24. The van der Waals surface area contributed by atoms with Crippen LogP contribution in [0.1, 0.15) is 44.3 Å². The number of imidazole rings is 1. The molecule has 1 atom stereocenters. The normalized spacial score (nSPS) is 14.5. The van der Waals surface area contributed by atoms with Crippen molar-refractivity contribution in [2.24, 2.45) is 0 Å². The number of hydrogen-bond donors (Lipinski definition) is 1. The Balaban J connectivity index is 1.89. The van der Waals surface area contributed by atoms with Gasteiger partial charge in [0.25, 0.3) is 0 Å². The van der Waals surface area contributed by atoms with E-state index >= 15 is 0 Å². The molecule has 0 saturated heterocycles. The molecule has 0 saturated carbocycles. The summed E-state index contributed by atoms with van der Waals surface area (Å²) in [6, 6.07) is 3.08. The monoisotopic (exact) mass is 371 g/mol. The number of ether oxygens (including phenoxy) is 1. The Bertz CT molecular complexity index is 1010. The van der Waals surface area contributed by atoms with Crippen LogP contribution in [0.15, 0.2) is 18.3 Å². The molecule has 0 radical (unpaired) electrons. The Labute approximate surface area is 156 Å². The lowest BCUT2D eigenvalue weighted by atomic mass is 10.0. The van der Waals surface area contributed by atoms with E-state index in [1.807, 2.05) is 36.2 Å². The van der Waals surface area contributed by atoms with Crippen molar-refractivity contribution < 1.29 is 14.2 Å². The second kappa shape index (κ2) is 6.45. The van der Waals surface area contributed by atoms with Gasteiger partial charge in [0.1, 0.15) is 35.5 Å². The van der Waals surface area contributed by atoms with Crippen LogP contribution in [0.5, 0.6) is 5.75 Å². The SMILES string of the molecule is Cc1nc(-c2cn3c(n2)-c2cc(C(C)O)c(F)cc2OCC3)n(C(C)C)n1. The van der Waals surface area contributed by atoms with Crippen LogP contribution in [0, 0.1) is 12.7 Å². The minimum absolute atomic E-state index is 0.147. The van der Waals surface area contributed by atoms with Crippen LogP contribution in [0.25, 0.3) is 22.9 Å². The van der Waals surface area contributed by atoms with Crippen molar-refractivity contribution in [3.63, 3.8) is 0 Å². The lowest BCUT2D eigenvalue weighted by Gasteiger charge is -2.12.